The van der Waals surface area contributed by atoms with E-state index in [9.17, 15) is 4.79 Å². The maximum absolute atomic E-state index is 12.4. The number of ether oxygens (including phenoxy) is 1. The molecular weight excluding hydrogens is 422 g/mol. The zero-order valence-electron chi connectivity index (χ0n) is 15.7. The molecule has 2 heterocycles. The molecular formula is C21H18BrN3O3. The molecule has 2 aromatic heterocycles. The second-order valence-corrected chi connectivity index (χ2v) is 7.35. The van der Waals surface area contributed by atoms with Gasteiger partial charge in [-0.15, -0.1) is 10.2 Å². The third-order valence-corrected chi connectivity index (χ3v) is 5.16. The van der Waals surface area contributed by atoms with Gasteiger partial charge in [0.1, 0.15) is 5.75 Å². The number of rotatable bonds is 5. The summed E-state index contributed by atoms with van der Waals surface area (Å²) in [6, 6.07) is 13.8. The summed E-state index contributed by atoms with van der Waals surface area (Å²) in [7, 11) is 0. The number of benzene rings is 2. The minimum Gasteiger partial charge on any atom is -0.483 e. The number of para-hydroxylation sites is 1. The van der Waals surface area contributed by atoms with E-state index < -0.39 is 0 Å². The third kappa shape index (κ3) is 3.22. The summed E-state index contributed by atoms with van der Waals surface area (Å²) in [4.78, 5) is 12.4. The van der Waals surface area contributed by atoms with Crippen LogP contribution in [0, 0.1) is 13.8 Å². The second kappa shape index (κ2) is 7.24. The summed E-state index contributed by atoms with van der Waals surface area (Å²) in [5.74, 6) is 1.51. The lowest BCUT2D eigenvalue weighted by Gasteiger charge is -2.10. The quantitative estimate of drug-likeness (QED) is 0.401. The van der Waals surface area contributed by atoms with E-state index in [1.165, 1.54) is 0 Å². The fraction of sp³-hybridized carbons (Fsp3) is 0.190. The van der Waals surface area contributed by atoms with Crippen molar-refractivity contribution in [1.29, 1.82) is 0 Å². The van der Waals surface area contributed by atoms with Crippen molar-refractivity contribution in [3.63, 3.8) is 0 Å². The Morgan fingerprint density at radius 2 is 1.93 bits per heavy atom. The molecule has 28 heavy (non-hydrogen) atoms. The lowest BCUT2D eigenvalue weighted by molar-refractivity contribution is 0.101. The Labute approximate surface area is 170 Å². The van der Waals surface area contributed by atoms with Crippen LogP contribution in [0.3, 0.4) is 0 Å². The highest BCUT2D eigenvalue weighted by molar-refractivity contribution is 9.10. The van der Waals surface area contributed by atoms with E-state index >= 15 is 0 Å². The zero-order chi connectivity index (χ0) is 19.8. The highest BCUT2D eigenvalue weighted by Crippen LogP contribution is 2.37. The summed E-state index contributed by atoms with van der Waals surface area (Å²) in [5.41, 5.74) is 3.51. The minimum atomic E-state index is 0.0120. The van der Waals surface area contributed by atoms with E-state index in [0.29, 0.717) is 23.1 Å². The maximum atomic E-state index is 12.4. The average Bonchev–Trinajstić information content (AvgIpc) is 3.20. The van der Waals surface area contributed by atoms with Crippen LogP contribution >= 0.6 is 15.9 Å². The molecule has 0 aliphatic heterocycles. The van der Waals surface area contributed by atoms with E-state index in [1.54, 1.807) is 13.8 Å². The van der Waals surface area contributed by atoms with Crippen molar-refractivity contribution < 1.29 is 13.9 Å². The van der Waals surface area contributed by atoms with Gasteiger partial charge in [-0.05, 0) is 54.0 Å². The third-order valence-electron chi connectivity index (χ3n) is 4.54. The Bertz CT molecular complexity index is 1180. The van der Waals surface area contributed by atoms with Gasteiger partial charge in [0.25, 0.3) is 5.89 Å². The molecule has 0 fully saturated rings. The number of aryl methyl sites for hydroxylation is 1. The van der Waals surface area contributed by atoms with Gasteiger partial charge in [-0.1, -0.05) is 18.2 Å². The molecule has 0 atom stereocenters. The largest absolute Gasteiger partial charge is 0.483 e. The molecule has 0 aliphatic carbocycles. The predicted molar refractivity (Wildman–Crippen MR) is 109 cm³/mol. The summed E-state index contributed by atoms with van der Waals surface area (Å²) in [6.07, 6.45) is 0. The van der Waals surface area contributed by atoms with Gasteiger partial charge in [0.15, 0.2) is 12.4 Å². The fourth-order valence-electron chi connectivity index (χ4n) is 3.42. The number of nitrogens with zero attached hydrogens (tertiary/aromatic N) is 3. The first-order valence-corrected chi connectivity index (χ1v) is 9.57. The van der Waals surface area contributed by atoms with Crippen molar-refractivity contribution in [1.82, 2.24) is 14.8 Å². The number of halogens is 1. The van der Waals surface area contributed by atoms with Crippen molar-refractivity contribution in [2.45, 2.75) is 27.4 Å². The van der Waals surface area contributed by atoms with Gasteiger partial charge in [-0.3, -0.25) is 4.79 Å². The first kappa shape index (κ1) is 18.4. The summed E-state index contributed by atoms with van der Waals surface area (Å²) in [5, 5.41) is 8.58. The number of hydrogen-bond donors (Lipinski definition) is 0. The number of aromatic nitrogens is 3. The van der Waals surface area contributed by atoms with E-state index in [4.69, 9.17) is 9.15 Å². The number of fused-ring (bicyclic) bond motifs is 1. The van der Waals surface area contributed by atoms with E-state index in [0.717, 1.165) is 26.8 Å². The molecule has 0 saturated heterocycles. The molecule has 6 nitrogen and oxygen atoms in total. The van der Waals surface area contributed by atoms with Gasteiger partial charge in [-0.25, -0.2) is 0 Å². The Kier molecular flexibility index (Phi) is 4.77. The molecule has 7 heteroatoms. The van der Waals surface area contributed by atoms with Crippen molar-refractivity contribution >= 4 is 32.6 Å². The molecule has 2 aromatic carbocycles. The molecule has 142 valence electrons. The Morgan fingerprint density at radius 3 is 2.57 bits per heavy atom. The first-order chi connectivity index (χ1) is 13.5. The van der Waals surface area contributed by atoms with Crippen molar-refractivity contribution in [2.75, 3.05) is 0 Å². The summed E-state index contributed by atoms with van der Waals surface area (Å²) < 4.78 is 14.1. The molecule has 4 aromatic rings. The molecule has 0 amide bonds. The first-order valence-electron chi connectivity index (χ1n) is 8.78. The van der Waals surface area contributed by atoms with E-state index in [-0.39, 0.29) is 12.4 Å². The molecule has 0 unspecified atom stereocenters. The van der Waals surface area contributed by atoms with Crippen LogP contribution in [0.5, 0.6) is 5.75 Å². The highest BCUT2D eigenvalue weighted by Gasteiger charge is 2.20. The van der Waals surface area contributed by atoms with Crippen LogP contribution in [0.2, 0.25) is 0 Å². The van der Waals surface area contributed by atoms with Crippen LogP contribution in [0.25, 0.3) is 16.6 Å². The monoisotopic (exact) mass is 439 g/mol. The van der Waals surface area contributed by atoms with Crippen molar-refractivity contribution in [3.8, 4) is 11.4 Å². The number of carbonyl (C=O) groups is 1. The number of ketones is 1. The average molecular weight is 440 g/mol. The van der Waals surface area contributed by atoms with Crippen LogP contribution < -0.4 is 4.74 Å². The van der Waals surface area contributed by atoms with Crippen molar-refractivity contribution in [2.24, 2.45) is 0 Å². The Morgan fingerprint density at radius 1 is 1.18 bits per heavy atom. The highest BCUT2D eigenvalue weighted by atomic mass is 79.9. The van der Waals surface area contributed by atoms with Crippen molar-refractivity contribution in [3.05, 3.63) is 70.0 Å². The van der Waals surface area contributed by atoms with Crippen LogP contribution in [-0.4, -0.2) is 20.5 Å². The molecule has 0 bridgehead atoms. The number of Topliss-reactive ketones (excluding diaryl/α,β-unsaturated/α-hetero) is 1. The molecule has 4 rings (SSSR count). The minimum absolute atomic E-state index is 0.0120. The maximum Gasteiger partial charge on any atom is 0.253 e. The smallest absolute Gasteiger partial charge is 0.253 e. The van der Waals surface area contributed by atoms with Gasteiger partial charge >= 0.3 is 0 Å². The normalized spacial score (nSPS) is 11.1. The number of hydrogen-bond acceptors (Lipinski definition) is 5. The topological polar surface area (TPSA) is 70.2 Å². The zero-order valence-corrected chi connectivity index (χ0v) is 17.3. The van der Waals surface area contributed by atoms with E-state index in [1.807, 2.05) is 49.4 Å². The fourth-order valence-corrected chi connectivity index (χ4v) is 3.86. The number of carbonyl (C=O) groups excluding carboxylic acids is 1. The molecule has 0 spiro atoms. The Balaban J connectivity index is 1.84. The standard InChI is InChI=1S/C21H18BrN3O3/c1-12-21(13(2)26)16-9-19(27-11-20-24-23-14(3)28-20)17(22)10-18(16)25(12)15-7-5-4-6-8-15/h4-10H,11H2,1-3H3. The van der Waals surface area contributed by atoms with Crippen LogP contribution in [0.1, 0.15) is 34.8 Å². The molecule has 0 saturated carbocycles. The summed E-state index contributed by atoms with van der Waals surface area (Å²) in [6.45, 7) is 5.42. The lowest BCUT2D eigenvalue weighted by atomic mass is 10.1. The predicted octanol–water partition coefficient (Wildman–Crippen LogP) is 5.17. The van der Waals surface area contributed by atoms with Gasteiger partial charge in [0.05, 0.1) is 9.99 Å². The SMILES string of the molecule is CC(=O)c1c(C)n(-c2ccccc2)c2cc(Br)c(OCc3nnc(C)o3)cc12. The van der Waals surface area contributed by atoms with Gasteiger partial charge in [0.2, 0.25) is 5.89 Å². The lowest BCUT2D eigenvalue weighted by Crippen LogP contribution is -1.99. The molecule has 0 radical (unpaired) electrons. The molecule has 0 aliphatic rings. The van der Waals surface area contributed by atoms with E-state index in [2.05, 4.69) is 30.7 Å². The Hall–Kier alpha value is -2.93. The van der Waals surface area contributed by atoms with Crippen LogP contribution in [0.4, 0.5) is 0 Å². The molecule has 0 N–H and O–H groups in total. The van der Waals surface area contributed by atoms with Gasteiger partial charge in [0, 0.05) is 29.3 Å². The van der Waals surface area contributed by atoms with Crippen LogP contribution in [-0.2, 0) is 6.61 Å². The second-order valence-electron chi connectivity index (χ2n) is 6.49. The van der Waals surface area contributed by atoms with Gasteiger partial charge in [-0.2, -0.15) is 0 Å². The van der Waals surface area contributed by atoms with Gasteiger partial charge < -0.3 is 13.7 Å². The van der Waals surface area contributed by atoms with Crippen LogP contribution in [0.15, 0.2) is 51.4 Å². The summed E-state index contributed by atoms with van der Waals surface area (Å²) >= 11 is 3.58.